The van der Waals surface area contributed by atoms with Crippen molar-refractivity contribution in [3.05, 3.63) is 28.2 Å². The third kappa shape index (κ3) is 3.98. The van der Waals surface area contributed by atoms with E-state index in [2.05, 4.69) is 56.6 Å². The summed E-state index contributed by atoms with van der Waals surface area (Å²) < 4.78 is 1.08. The van der Waals surface area contributed by atoms with Crippen molar-refractivity contribution in [2.75, 3.05) is 25.0 Å². The predicted molar refractivity (Wildman–Crippen MR) is 90.6 cm³/mol. The van der Waals surface area contributed by atoms with Crippen LogP contribution in [0, 0.1) is 0 Å². The minimum Gasteiger partial charge on any atom is -0.359 e. The van der Waals surface area contributed by atoms with E-state index in [0.717, 1.165) is 43.4 Å². The molecule has 5 heteroatoms. The van der Waals surface area contributed by atoms with Gasteiger partial charge >= 0.3 is 0 Å². The monoisotopic (exact) mass is 353 g/mol. The highest BCUT2D eigenvalue weighted by atomic mass is 79.9. The molecule has 2 rings (SSSR count). The Labute approximate surface area is 135 Å². The van der Waals surface area contributed by atoms with Crippen molar-refractivity contribution in [3.63, 3.8) is 0 Å². The van der Waals surface area contributed by atoms with Crippen molar-refractivity contribution in [1.82, 2.24) is 10.6 Å². The highest BCUT2D eigenvalue weighted by Gasteiger charge is 2.31. The van der Waals surface area contributed by atoms with E-state index in [1.54, 1.807) is 7.05 Å². The van der Waals surface area contributed by atoms with E-state index >= 15 is 0 Å². The van der Waals surface area contributed by atoms with Gasteiger partial charge in [0.1, 0.15) is 6.04 Å². The minimum absolute atomic E-state index is 0.0406. The zero-order valence-corrected chi connectivity index (χ0v) is 14.4. The van der Waals surface area contributed by atoms with E-state index in [9.17, 15) is 4.79 Å². The van der Waals surface area contributed by atoms with Crippen molar-refractivity contribution in [2.45, 2.75) is 38.8 Å². The van der Waals surface area contributed by atoms with Crippen LogP contribution in [0.15, 0.2) is 22.7 Å². The van der Waals surface area contributed by atoms with Crippen LogP contribution in [0.4, 0.5) is 5.69 Å². The second-order valence-electron chi connectivity index (χ2n) is 5.42. The first-order chi connectivity index (χ1) is 10.2. The Kier molecular flexibility index (Phi) is 6.06. The smallest absolute Gasteiger partial charge is 0.242 e. The molecule has 1 saturated heterocycles. The molecule has 1 amide bonds. The van der Waals surface area contributed by atoms with Crippen LogP contribution in [0.25, 0.3) is 0 Å². The molecule has 0 spiro atoms. The van der Waals surface area contributed by atoms with Crippen LogP contribution < -0.4 is 15.5 Å². The summed E-state index contributed by atoms with van der Waals surface area (Å²) in [7, 11) is 1.71. The van der Waals surface area contributed by atoms with Gasteiger partial charge in [0.15, 0.2) is 0 Å². The van der Waals surface area contributed by atoms with Gasteiger partial charge < -0.3 is 15.5 Å². The van der Waals surface area contributed by atoms with Crippen LogP contribution in [0.2, 0.25) is 0 Å². The van der Waals surface area contributed by atoms with Crippen LogP contribution >= 0.6 is 15.9 Å². The number of likely N-dealkylation sites (N-methyl/N-ethyl adjacent to an activating group) is 1. The standard InChI is InChI=1S/C16H24BrN3O/c1-3-8-19-11-12-10-13(17)6-7-14(12)20-9-4-5-15(20)16(21)18-2/h6-7,10,15,19H,3-5,8-9,11H2,1-2H3,(H,18,21). The molecule has 1 unspecified atom stereocenters. The molecule has 0 aliphatic carbocycles. The highest BCUT2D eigenvalue weighted by molar-refractivity contribution is 9.10. The molecule has 1 aromatic rings. The molecule has 116 valence electrons. The van der Waals surface area contributed by atoms with Gasteiger partial charge in [-0.15, -0.1) is 0 Å². The Balaban J connectivity index is 2.23. The number of nitrogens with zero attached hydrogens (tertiary/aromatic N) is 1. The van der Waals surface area contributed by atoms with Gasteiger partial charge in [0.05, 0.1) is 0 Å². The summed E-state index contributed by atoms with van der Waals surface area (Å²) in [6, 6.07) is 6.28. The number of anilines is 1. The van der Waals surface area contributed by atoms with Crippen molar-refractivity contribution >= 4 is 27.5 Å². The lowest BCUT2D eigenvalue weighted by molar-refractivity contribution is -0.121. The molecular weight excluding hydrogens is 330 g/mol. The molecule has 0 aromatic heterocycles. The Bertz CT molecular complexity index is 492. The molecule has 1 aliphatic rings. The molecule has 4 nitrogen and oxygen atoms in total. The molecule has 1 aromatic carbocycles. The number of amides is 1. The van der Waals surface area contributed by atoms with E-state index < -0.39 is 0 Å². The first-order valence-corrected chi connectivity index (χ1v) is 8.44. The average molecular weight is 354 g/mol. The second-order valence-corrected chi connectivity index (χ2v) is 6.33. The summed E-state index contributed by atoms with van der Waals surface area (Å²) in [4.78, 5) is 14.3. The SMILES string of the molecule is CCCNCc1cc(Br)ccc1N1CCCC1C(=O)NC. The second kappa shape index (κ2) is 7.80. The zero-order valence-electron chi connectivity index (χ0n) is 12.8. The summed E-state index contributed by atoms with van der Waals surface area (Å²) in [5.41, 5.74) is 2.42. The van der Waals surface area contributed by atoms with E-state index in [-0.39, 0.29) is 11.9 Å². The van der Waals surface area contributed by atoms with Crippen LogP contribution in [0.5, 0.6) is 0 Å². The fourth-order valence-electron chi connectivity index (χ4n) is 2.87. The van der Waals surface area contributed by atoms with Crippen LogP contribution in [0.3, 0.4) is 0 Å². The van der Waals surface area contributed by atoms with Crippen LogP contribution in [-0.2, 0) is 11.3 Å². The maximum absolute atomic E-state index is 12.1. The number of nitrogens with one attached hydrogen (secondary N) is 2. The number of hydrogen-bond acceptors (Lipinski definition) is 3. The molecule has 0 bridgehead atoms. The third-order valence-corrected chi connectivity index (χ3v) is 4.39. The molecule has 0 radical (unpaired) electrons. The Morgan fingerprint density at radius 1 is 1.48 bits per heavy atom. The molecule has 2 N–H and O–H groups in total. The lowest BCUT2D eigenvalue weighted by Gasteiger charge is -2.28. The molecule has 1 heterocycles. The Morgan fingerprint density at radius 3 is 3.00 bits per heavy atom. The van der Waals surface area contributed by atoms with Crippen molar-refractivity contribution in [3.8, 4) is 0 Å². The normalized spacial score (nSPS) is 18.0. The number of rotatable bonds is 6. The Morgan fingerprint density at radius 2 is 2.29 bits per heavy atom. The van der Waals surface area contributed by atoms with E-state index in [1.807, 2.05) is 0 Å². The van der Waals surface area contributed by atoms with Crippen LogP contribution in [-0.4, -0.2) is 32.1 Å². The largest absolute Gasteiger partial charge is 0.359 e. The molecule has 1 fully saturated rings. The molecule has 0 saturated carbocycles. The number of benzene rings is 1. The topological polar surface area (TPSA) is 44.4 Å². The maximum Gasteiger partial charge on any atom is 0.242 e. The van der Waals surface area contributed by atoms with Gasteiger partial charge in [0.2, 0.25) is 5.91 Å². The fraction of sp³-hybridized carbons (Fsp3) is 0.562. The van der Waals surface area contributed by atoms with Gasteiger partial charge in [-0.3, -0.25) is 4.79 Å². The van der Waals surface area contributed by atoms with Gasteiger partial charge in [-0.2, -0.15) is 0 Å². The van der Waals surface area contributed by atoms with E-state index in [1.165, 1.54) is 11.3 Å². The predicted octanol–water partition coefficient (Wildman–Crippen LogP) is 2.66. The van der Waals surface area contributed by atoms with Gasteiger partial charge in [-0.25, -0.2) is 0 Å². The first-order valence-electron chi connectivity index (χ1n) is 7.64. The molecule has 21 heavy (non-hydrogen) atoms. The third-order valence-electron chi connectivity index (χ3n) is 3.90. The molecule has 1 atom stereocenters. The van der Waals surface area contributed by atoms with Gasteiger partial charge in [-0.1, -0.05) is 22.9 Å². The summed E-state index contributed by atoms with van der Waals surface area (Å²) >= 11 is 3.55. The van der Waals surface area contributed by atoms with Crippen LogP contribution in [0.1, 0.15) is 31.7 Å². The maximum atomic E-state index is 12.1. The number of carbonyl (C=O) groups is 1. The summed E-state index contributed by atoms with van der Waals surface area (Å²) in [6.45, 7) is 4.95. The number of hydrogen-bond donors (Lipinski definition) is 2. The van der Waals surface area contributed by atoms with E-state index in [4.69, 9.17) is 0 Å². The minimum atomic E-state index is -0.0406. The van der Waals surface area contributed by atoms with Gasteiger partial charge in [0, 0.05) is 30.3 Å². The lowest BCUT2D eigenvalue weighted by atomic mass is 10.1. The van der Waals surface area contributed by atoms with Gasteiger partial charge in [-0.05, 0) is 49.6 Å². The highest BCUT2D eigenvalue weighted by Crippen LogP contribution is 2.31. The lowest BCUT2D eigenvalue weighted by Crippen LogP contribution is -2.42. The number of halogens is 1. The first kappa shape index (κ1) is 16.3. The summed E-state index contributed by atoms with van der Waals surface area (Å²) in [5.74, 6) is 0.114. The van der Waals surface area contributed by atoms with Crippen molar-refractivity contribution in [1.29, 1.82) is 0 Å². The quantitative estimate of drug-likeness (QED) is 0.772. The summed E-state index contributed by atoms with van der Waals surface area (Å²) in [5, 5.41) is 6.24. The van der Waals surface area contributed by atoms with Crippen molar-refractivity contribution in [2.24, 2.45) is 0 Å². The Hall–Kier alpha value is -1.07. The molecular formula is C16H24BrN3O. The van der Waals surface area contributed by atoms with Crippen molar-refractivity contribution < 1.29 is 4.79 Å². The molecule has 1 aliphatic heterocycles. The average Bonchev–Trinajstić information content (AvgIpc) is 2.96. The zero-order chi connectivity index (χ0) is 15.2. The van der Waals surface area contributed by atoms with Gasteiger partial charge in [0.25, 0.3) is 0 Å². The summed E-state index contributed by atoms with van der Waals surface area (Å²) in [6.07, 6.45) is 3.11. The number of carbonyl (C=O) groups excluding carboxylic acids is 1. The van der Waals surface area contributed by atoms with E-state index in [0.29, 0.717) is 0 Å². The fourth-order valence-corrected chi connectivity index (χ4v) is 3.28.